The Kier molecular flexibility index (Phi) is 7.88. The van der Waals surface area contributed by atoms with Crippen LogP contribution >= 0.6 is 23.2 Å². The summed E-state index contributed by atoms with van der Waals surface area (Å²) in [6, 6.07) is 18.6. The van der Waals surface area contributed by atoms with Gasteiger partial charge in [-0.3, -0.25) is 9.59 Å². The molecule has 3 aromatic carbocycles. The van der Waals surface area contributed by atoms with Crippen LogP contribution in [0.3, 0.4) is 0 Å². The molecule has 0 unspecified atom stereocenters. The van der Waals surface area contributed by atoms with Gasteiger partial charge in [0.25, 0.3) is 11.8 Å². The quantitative estimate of drug-likeness (QED) is 0.560. The number of ether oxygens (including phenoxy) is 1. The van der Waals surface area contributed by atoms with Gasteiger partial charge >= 0.3 is 0 Å². The van der Waals surface area contributed by atoms with E-state index < -0.39 is 11.8 Å². The number of hydrogen-bond donors (Lipinski definition) is 3. The second-order valence-electron chi connectivity index (χ2n) is 5.80. The first-order chi connectivity index (χ1) is 13.8. The van der Waals surface area contributed by atoms with E-state index in [0.717, 1.165) is 5.56 Å². The summed E-state index contributed by atoms with van der Waals surface area (Å²) < 4.78 is 5.58. The molecule has 0 spiro atoms. The summed E-state index contributed by atoms with van der Waals surface area (Å²) in [5, 5.41) is 9.87. The number of carbonyl (C=O) groups is 2. The summed E-state index contributed by atoms with van der Waals surface area (Å²) in [6.45, 7) is 0.378. The van der Waals surface area contributed by atoms with Gasteiger partial charge < -0.3 is 21.3 Å². The lowest BCUT2D eigenvalue weighted by atomic mass is 10.2. The van der Waals surface area contributed by atoms with Crippen LogP contribution in [0, 0.1) is 0 Å². The number of nitrogens with two attached hydrogens (primary N) is 2. The topological polar surface area (TPSA) is 116 Å². The predicted molar refractivity (Wildman–Crippen MR) is 112 cm³/mol. The van der Waals surface area contributed by atoms with Crippen molar-refractivity contribution in [1.29, 1.82) is 0 Å². The highest BCUT2D eigenvalue weighted by molar-refractivity contribution is 6.31. The Balaban J connectivity index is 0.000000234. The van der Waals surface area contributed by atoms with Crippen molar-refractivity contribution in [3.63, 3.8) is 0 Å². The summed E-state index contributed by atoms with van der Waals surface area (Å²) in [5.41, 5.74) is 11.5. The Morgan fingerprint density at radius 2 is 1.38 bits per heavy atom. The molecule has 0 fully saturated rings. The summed E-state index contributed by atoms with van der Waals surface area (Å²) in [7, 11) is 0. The van der Waals surface area contributed by atoms with E-state index >= 15 is 0 Å². The molecule has 5 N–H and O–H groups in total. The molecule has 3 rings (SSSR count). The number of benzene rings is 3. The minimum atomic E-state index is -0.690. The first-order valence-electron chi connectivity index (χ1n) is 8.32. The van der Waals surface area contributed by atoms with Crippen LogP contribution in [0.15, 0.2) is 66.7 Å². The molecule has 0 bridgehead atoms. The van der Waals surface area contributed by atoms with Crippen molar-refractivity contribution in [2.24, 2.45) is 11.5 Å². The summed E-state index contributed by atoms with van der Waals surface area (Å²) >= 11 is 11.4. The van der Waals surface area contributed by atoms with Crippen molar-refractivity contribution >= 4 is 35.0 Å². The molecular weight excluding hydrogens is 415 g/mol. The lowest BCUT2D eigenvalue weighted by Crippen LogP contribution is -2.13. The van der Waals surface area contributed by atoms with Crippen molar-refractivity contribution in [3.8, 4) is 11.5 Å². The number of primary amides is 2. The monoisotopic (exact) mass is 432 g/mol. The maximum absolute atomic E-state index is 11.3. The Labute approximate surface area is 177 Å². The second kappa shape index (κ2) is 10.4. The number of halogens is 2. The number of rotatable bonds is 5. The van der Waals surface area contributed by atoms with Crippen molar-refractivity contribution in [1.82, 2.24) is 0 Å². The maximum atomic E-state index is 11.3. The van der Waals surface area contributed by atoms with E-state index in [2.05, 4.69) is 0 Å². The van der Waals surface area contributed by atoms with Gasteiger partial charge in [-0.1, -0.05) is 53.5 Å². The fraction of sp³-hybridized carbons (Fsp3) is 0.0476. The minimum absolute atomic E-state index is 0.0394. The van der Waals surface area contributed by atoms with Crippen LogP contribution in [0.4, 0.5) is 0 Å². The van der Waals surface area contributed by atoms with Crippen LogP contribution in [0.5, 0.6) is 11.5 Å². The van der Waals surface area contributed by atoms with Crippen LogP contribution in [0.25, 0.3) is 0 Å². The highest BCUT2D eigenvalue weighted by atomic mass is 35.5. The van der Waals surface area contributed by atoms with E-state index in [1.165, 1.54) is 24.3 Å². The minimum Gasteiger partial charge on any atom is -0.507 e. The molecule has 0 radical (unpaired) electrons. The van der Waals surface area contributed by atoms with Crippen molar-refractivity contribution in [3.05, 3.63) is 93.5 Å². The standard InChI is InChI=1S/C14H12ClNO2.C7H6ClNO2/c15-11-6-7-13(12(8-11)14(16)17)18-9-10-4-2-1-3-5-10;8-4-1-2-6(10)5(3-4)7(9)11/h1-8H,9H2,(H2,16,17);1-3,10H,(H2,9,11). The Bertz CT molecular complexity index is 1010. The van der Waals surface area contributed by atoms with E-state index in [-0.39, 0.29) is 11.3 Å². The zero-order valence-corrected chi connectivity index (χ0v) is 16.7. The van der Waals surface area contributed by atoms with Gasteiger partial charge in [-0.2, -0.15) is 0 Å². The zero-order chi connectivity index (χ0) is 21.4. The molecule has 0 aliphatic rings. The molecule has 0 saturated heterocycles. The molecule has 6 nitrogen and oxygen atoms in total. The van der Waals surface area contributed by atoms with Gasteiger partial charge in [-0.05, 0) is 42.0 Å². The third-order valence-corrected chi connectivity index (χ3v) is 4.14. The van der Waals surface area contributed by atoms with Gasteiger partial charge in [0.05, 0.1) is 11.1 Å². The number of carbonyl (C=O) groups excluding carboxylic acids is 2. The fourth-order valence-electron chi connectivity index (χ4n) is 2.26. The molecule has 150 valence electrons. The molecule has 0 saturated carbocycles. The number of phenols is 1. The van der Waals surface area contributed by atoms with Crippen LogP contribution in [0.2, 0.25) is 10.0 Å². The maximum Gasteiger partial charge on any atom is 0.252 e. The van der Waals surface area contributed by atoms with E-state index in [1.807, 2.05) is 30.3 Å². The van der Waals surface area contributed by atoms with E-state index in [0.29, 0.717) is 28.0 Å². The summed E-state index contributed by atoms with van der Waals surface area (Å²) in [6.07, 6.45) is 0. The van der Waals surface area contributed by atoms with Gasteiger partial charge in [0.2, 0.25) is 0 Å². The molecule has 0 aliphatic heterocycles. The average molecular weight is 433 g/mol. The molecule has 0 aromatic heterocycles. The smallest absolute Gasteiger partial charge is 0.252 e. The van der Waals surface area contributed by atoms with E-state index in [9.17, 15) is 9.59 Å². The van der Waals surface area contributed by atoms with Crippen molar-refractivity contribution in [2.45, 2.75) is 6.61 Å². The largest absolute Gasteiger partial charge is 0.507 e. The molecule has 0 heterocycles. The molecule has 29 heavy (non-hydrogen) atoms. The molecule has 0 atom stereocenters. The van der Waals surface area contributed by atoms with Gasteiger partial charge in [-0.25, -0.2) is 0 Å². The van der Waals surface area contributed by atoms with E-state index in [1.54, 1.807) is 12.1 Å². The normalized spacial score (nSPS) is 9.86. The summed E-state index contributed by atoms with van der Waals surface area (Å²) in [4.78, 5) is 21.8. The molecular formula is C21H18Cl2N2O4. The molecule has 0 aliphatic carbocycles. The van der Waals surface area contributed by atoms with Crippen molar-refractivity contribution < 1.29 is 19.4 Å². The lowest BCUT2D eigenvalue weighted by molar-refractivity contribution is 0.0988. The van der Waals surface area contributed by atoms with Crippen LogP contribution in [-0.2, 0) is 6.61 Å². The Morgan fingerprint density at radius 3 is 1.93 bits per heavy atom. The third kappa shape index (κ3) is 6.71. The van der Waals surface area contributed by atoms with Crippen LogP contribution < -0.4 is 16.2 Å². The summed E-state index contributed by atoms with van der Waals surface area (Å²) in [5.74, 6) is -0.955. The highest BCUT2D eigenvalue weighted by Gasteiger charge is 2.10. The fourth-order valence-corrected chi connectivity index (χ4v) is 2.61. The first kappa shape index (κ1) is 22.1. The first-order valence-corrected chi connectivity index (χ1v) is 9.08. The van der Waals surface area contributed by atoms with Gasteiger partial charge in [0, 0.05) is 10.0 Å². The van der Waals surface area contributed by atoms with Crippen LogP contribution in [-0.4, -0.2) is 16.9 Å². The van der Waals surface area contributed by atoms with Gasteiger partial charge in [0.15, 0.2) is 0 Å². The number of hydrogen-bond acceptors (Lipinski definition) is 4. The SMILES string of the molecule is NC(=O)c1cc(Cl)ccc1O.NC(=O)c1cc(Cl)ccc1OCc1ccccc1. The van der Waals surface area contributed by atoms with E-state index in [4.69, 9.17) is 44.5 Å². The number of aromatic hydroxyl groups is 1. The lowest BCUT2D eigenvalue weighted by Gasteiger charge is -2.09. The van der Waals surface area contributed by atoms with Gasteiger partial charge in [-0.15, -0.1) is 0 Å². The predicted octanol–water partition coefficient (Wildman–Crippen LogP) is 4.16. The molecule has 3 aromatic rings. The molecule has 8 heteroatoms. The molecule has 2 amide bonds. The average Bonchev–Trinajstić information content (AvgIpc) is 2.70. The second-order valence-corrected chi connectivity index (χ2v) is 6.68. The third-order valence-electron chi connectivity index (χ3n) is 3.67. The van der Waals surface area contributed by atoms with Gasteiger partial charge in [0.1, 0.15) is 18.1 Å². The van der Waals surface area contributed by atoms with Crippen LogP contribution in [0.1, 0.15) is 26.3 Å². The highest BCUT2D eigenvalue weighted by Crippen LogP contribution is 2.23. The Hall–Kier alpha value is -3.22. The number of amides is 2. The zero-order valence-electron chi connectivity index (χ0n) is 15.1. The Morgan fingerprint density at radius 1 is 0.828 bits per heavy atom. The van der Waals surface area contributed by atoms with Crippen molar-refractivity contribution in [2.75, 3.05) is 0 Å².